The highest BCUT2D eigenvalue weighted by Gasteiger charge is 2.17. The summed E-state index contributed by atoms with van der Waals surface area (Å²) in [6, 6.07) is 24.1. The van der Waals surface area contributed by atoms with Gasteiger partial charge in [0.25, 0.3) is 11.8 Å². The first-order valence-electron chi connectivity index (χ1n) is 9.47. The zero-order chi connectivity index (χ0) is 21.1. The van der Waals surface area contributed by atoms with Crippen LogP contribution in [0.4, 0.5) is 5.69 Å². The highest BCUT2D eigenvalue weighted by atomic mass is 35.5. The van der Waals surface area contributed by atoms with Crippen LogP contribution in [0.1, 0.15) is 38.6 Å². The van der Waals surface area contributed by atoms with Gasteiger partial charge in [-0.3, -0.25) is 9.59 Å². The molecule has 6 heteroatoms. The first kappa shape index (κ1) is 20.1. The number of nitrogens with one attached hydrogen (secondary N) is 2. The number of carbonyl (C=O) groups excluding carboxylic acids is 2. The van der Waals surface area contributed by atoms with Gasteiger partial charge < -0.3 is 10.6 Å². The number of amides is 2. The molecular formula is C24H19ClN2O2S. The molecule has 1 unspecified atom stereocenters. The highest BCUT2D eigenvalue weighted by molar-refractivity contribution is 7.21. The average Bonchev–Trinajstić information content (AvgIpc) is 3.11. The fraction of sp³-hybridized carbons (Fsp3) is 0.0833. The van der Waals surface area contributed by atoms with E-state index in [0.717, 1.165) is 15.6 Å². The van der Waals surface area contributed by atoms with Gasteiger partial charge in [-0.1, -0.05) is 60.1 Å². The Morgan fingerprint density at radius 2 is 1.53 bits per heavy atom. The number of halogens is 1. The summed E-state index contributed by atoms with van der Waals surface area (Å²) in [5.74, 6) is -0.437. The van der Waals surface area contributed by atoms with Crippen molar-refractivity contribution in [2.24, 2.45) is 0 Å². The van der Waals surface area contributed by atoms with Crippen molar-refractivity contribution in [1.29, 1.82) is 0 Å². The topological polar surface area (TPSA) is 58.2 Å². The monoisotopic (exact) mass is 434 g/mol. The molecule has 0 fully saturated rings. The standard InChI is InChI=1S/C24H19ClN2O2S/c1-15(16-7-3-2-4-8-16)26-23(28)17-11-13-18(14-12-17)27-24(29)22-21(25)19-9-5-6-10-20(19)30-22/h2-15H,1H3,(H,26,28)(H,27,29). The van der Waals surface area contributed by atoms with E-state index >= 15 is 0 Å². The summed E-state index contributed by atoms with van der Waals surface area (Å²) >= 11 is 7.74. The molecule has 0 spiro atoms. The Hall–Kier alpha value is -3.15. The first-order valence-corrected chi connectivity index (χ1v) is 10.7. The summed E-state index contributed by atoms with van der Waals surface area (Å²) in [6.45, 7) is 1.94. The fourth-order valence-electron chi connectivity index (χ4n) is 3.16. The molecule has 0 aliphatic heterocycles. The minimum Gasteiger partial charge on any atom is -0.346 e. The quantitative estimate of drug-likeness (QED) is 0.387. The zero-order valence-electron chi connectivity index (χ0n) is 16.2. The van der Waals surface area contributed by atoms with Crippen LogP contribution in [-0.2, 0) is 0 Å². The number of fused-ring (bicyclic) bond motifs is 1. The van der Waals surface area contributed by atoms with Crippen LogP contribution < -0.4 is 10.6 Å². The van der Waals surface area contributed by atoms with E-state index in [1.165, 1.54) is 11.3 Å². The van der Waals surface area contributed by atoms with Crippen LogP contribution in [0.25, 0.3) is 10.1 Å². The number of thiophene rings is 1. The number of rotatable bonds is 5. The molecule has 0 saturated heterocycles. The van der Waals surface area contributed by atoms with Crippen molar-refractivity contribution in [3.05, 3.63) is 99.9 Å². The predicted octanol–water partition coefficient (Wildman–Crippen LogP) is 6.30. The van der Waals surface area contributed by atoms with Gasteiger partial charge in [-0.2, -0.15) is 0 Å². The molecular weight excluding hydrogens is 416 g/mol. The van der Waals surface area contributed by atoms with E-state index in [1.54, 1.807) is 24.3 Å². The maximum absolute atomic E-state index is 12.7. The second-order valence-electron chi connectivity index (χ2n) is 6.88. The van der Waals surface area contributed by atoms with Crippen molar-refractivity contribution in [2.75, 3.05) is 5.32 Å². The molecule has 1 atom stereocenters. The van der Waals surface area contributed by atoms with Gasteiger partial charge in [0.2, 0.25) is 0 Å². The third-order valence-corrected chi connectivity index (χ3v) is 6.47. The van der Waals surface area contributed by atoms with E-state index in [4.69, 9.17) is 11.6 Å². The summed E-state index contributed by atoms with van der Waals surface area (Å²) in [5, 5.41) is 7.15. The fourth-order valence-corrected chi connectivity index (χ4v) is 4.57. The summed E-state index contributed by atoms with van der Waals surface area (Å²) in [7, 11) is 0. The Morgan fingerprint density at radius 1 is 0.867 bits per heavy atom. The summed E-state index contributed by atoms with van der Waals surface area (Å²) in [5.41, 5.74) is 2.16. The Kier molecular flexibility index (Phi) is 5.84. The molecule has 2 N–H and O–H groups in total. The molecule has 4 nitrogen and oxygen atoms in total. The van der Waals surface area contributed by atoms with Gasteiger partial charge in [-0.15, -0.1) is 11.3 Å². The summed E-state index contributed by atoms with van der Waals surface area (Å²) in [4.78, 5) is 25.6. The van der Waals surface area contributed by atoms with Crippen LogP contribution in [0.15, 0.2) is 78.9 Å². The van der Waals surface area contributed by atoms with E-state index in [1.807, 2.05) is 61.5 Å². The van der Waals surface area contributed by atoms with Crippen LogP contribution in [0.3, 0.4) is 0 Å². The van der Waals surface area contributed by atoms with E-state index in [2.05, 4.69) is 10.6 Å². The molecule has 150 valence electrons. The molecule has 30 heavy (non-hydrogen) atoms. The summed E-state index contributed by atoms with van der Waals surface area (Å²) < 4.78 is 0.965. The minimum atomic E-state index is -0.267. The molecule has 1 aromatic heterocycles. The van der Waals surface area contributed by atoms with Gasteiger partial charge in [-0.25, -0.2) is 0 Å². The van der Waals surface area contributed by atoms with Crippen LogP contribution in [-0.4, -0.2) is 11.8 Å². The normalized spacial score (nSPS) is 11.8. The smallest absolute Gasteiger partial charge is 0.267 e. The molecule has 1 heterocycles. The number of benzene rings is 3. The molecule has 0 bridgehead atoms. The third-order valence-electron chi connectivity index (χ3n) is 4.79. The minimum absolute atomic E-state index is 0.104. The van der Waals surface area contributed by atoms with E-state index in [-0.39, 0.29) is 17.9 Å². The van der Waals surface area contributed by atoms with Crippen molar-refractivity contribution < 1.29 is 9.59 Å². The van der Waals surface area contributed by atoms with Crippen LogP contribution in [0.5, 0.6) is 0 Å². The van der Waals surface area contributed by atoms with Crippen LogP contribution in [0.2, 0.25) is 5.02 Å². The molecule has 2 amide bonds. The zero-order valence-corrected chi connectivity index (χ0v) is 17.8. The Balaban J connectivity index is 1.43. The maximum atomic E-state index is 12.7. The van der Waals surface area contributed by atoms with Crippen LogP contribution >= 0.6 is 22.9 Å². The predicted molar refractivity (Wildman–Crippen MR) is 124 cm³/mol. The lowest BCUT2D eigenvalue weighted by Gasteiger charge is -2.14. The van der Waals surface area contributed by atoms with Gasteiger partial charge in [0.05, 0.1) is 11.1 Å². The molecule has 4 aromatic rings. The lowest BCUT2D eigenvalue weighted by molar-refractivity contribution is 0.0939. The molecule has 0 aliphatic carbocycles. The van der Waals surface area contributed by atoms with Crippen molar-refractivity contribution in [3.8, 4) is 0 Å². The first-order chi connectivity index (χ1) is 14.5. The van der Waals surface area contributed by atoms with Gasteiger partial charge in [0.1, 0.15) is 4.88 Å². The van der Waals surface area contributed by atoms with Crippen LogP contribution in [0, 0.1) is 0 Å². The van der Waals surface area contributed by atoms with E-state index < -0.39 is 0 Å². The highest BCUT2D eigenvalue weighted by Crippen LogP contribution is 2.35. The number of hydrogen-bond acceptors (Lipinski definition) is 3. The molecule has 0 aliphatic rings. The van der Waals surface area contributed by atoms with Crippen molar-refractivity contribution in [3.63, 3.8) is 0 Å². The van der Waals surface area contributed by atoms with Gasteiger partial charge in [0.15, 0.2) is 0 Å². The molecule has 4 rings (SSSR count). The Bertz CT molecular complexity index is 1200. The van der Waals surface area contributed by atoms with Crippen molar-refractivity contribution in [2.45, 2.75) is 13.0 Å². The lowest BCUT2D eigenvalue weighted by Crippen LogP contribution is -2.26. The van der Waals surface area contributed by atoms with E-state index in [9.17, 15) is 9.59 Å². The molecule has 0 saturated carbocycles. The van der Waals surface area contributed by atoms with Crippen molar-refractivity contribution >= 4 is 50.5 Å². The number of anilines is 1. The summed E-state index contributed by atoms with van der Waals surface area (Å²) in [6.07, 6.45) is 0. The SMILES string of the molecule is CC(NC(=O)c1ccc(NC(=O)c2sc3ccccc3c2Cl)cc1)c1ccccc1. The van der Waals surface area contributed by atoms with E-state index in [0.29, 0.717) is 21.2 Å². The second kappa shape index (κ2) is 8.69. The lowest BCUT2D eigenvalue weighted by atomic mass is 10.1. The van der Waals surface area contributed by atoms with Gasteiger partial charge in [-0.05, 0) is 42.8 Å². The average molecular weight is 435 g/mol. The Morgan fingerprint density at radius 3 is 2.23 bits per heavy atom. The number of hydrogen-bond donors (Lipinski definition) is 2. The molecule has 0 radical (unpaired) electrons. The third kappa shape index (κ3) is 4.22. The second-order valence-corrected chi connectivity index (χ2v) is 8.31. The molecule has 3 aromatic carbocycles. The van der Waals surface area contributed by atoms with Gasteiger partial charge >= 0.3 is 0 Å². The van der Waals surface area contributed by atoms with Gasteiger partial charge in [0, 0.05) is 21.3 Å². The maximum Gasteiger partial charge on any atom is 0.267 e. The Labute approximate surface area is 183 Å². The number of carbonyl (C=O) groups is 2. The van der Waals surface area contributed by atoms with Crippen molar-refractivity contribution in [1.82, 2.24) is 5.32 Å². The largest absolute Gasteiger partial charge is 0.346 e.